The van der Waals surface area contributed by atoms with Crippen molar-refractivity contribution in [1.82, 2.24) is 10.2 Å². The quantitative estimate of drug-likeness (QED) is 0.811. The van der Waals surface area contributed by atoms with E-state index in [9.17, 15) is 9.59 Å². The number of nitrogens with zero attached hydrogens (tertiary/aromatic N) is 1. The highest BCUT2D eigenvalue weighted by Crippen LogP contribution is 2.20. The third-order valence-corrected chi connectivity index (χ3v) is 3.55. The Morgan fingerprint density at radius 2 is 1.70 bits per heavy atom. The molecule has 2 amide bonds. The smallest absolute Gasteiger partial charge is 0.408 e. The first kappa shape index (κ1) is 16.8. The first-order chi connectivity index (χ1) is 9.29. The third-order valence-electron chi connectivity index (χ3n) is 3.55. The van der Waals surface area contributed by atoms with E-state index in [1.807, 2.05) is 7.05 Å². The Morgan fingerprint density at radius 1 is 1.15 bits per heavy atom. The average Bonchev–Trinajstić information content (AvgIpc) is 2.61. The summed E-state index contributed by atoms with van der Waals surface area (Å²) < 4.78 is 5.11. The first-order valence-corrected chi connectivity index (χ1v) is 7.52. The van der Waals surface area contributed by atoms with Gasteiger partial charge in [-0.25, -0.2) is 4.79 Å². The van der Waals surface area contributed by atoms with Crippen LogP contribution in [0.4, 0.5) is 4.79 Å². The summed E-state index contributed by atoms with van der Waals surface area (Å²) >= 11 is 0. The maximum Gasteiger partial charge on any atom is 0.408 e. The zero-order chi connectivity index (χ0) is 15.2. The zero-order valence-electron chi connectivity index (χ0n) is 13.2. The van der Waals surface area contributed by atoms with Gasteiger partial charge in [0.2, 0.25) is 5.91 Å². The SMILES string of the molecule is CN(C(=O)CNC(=O)OC(C)(C)C)C1CCCCCC1. The van der Waals surface area contributed by atoms with Crippen LogP contribution in [-0.2, 0) is 9.53 Å². The number of alkyl carbamates (subject to hydrolysis) is 1. The van der Waals surface area contributed by atoms with Crippen LogP contribution in [-0.4, -0.2) is 42.1 Å². The van der Waals surface area contributed by atoms with Crippen LogP contribution < -0.4 is 5.32 Å². The monoisotopic (exact) mass is 284 g/mol. The predicted molar refractivity (Wildman–Crippen MR) is 78.5 cm³/mol. The van der Waals surface area contributed by atoms with E-state index in [1.165, 1.54) is 25.7 Å². The van der Waals surface area contributed by atoms with E-state index < -0.39 is 11.7 Å². The Balaban J connectivity index is 2.35. The van der Waals surface area contributed by atoms with Gasteiger partial charge in [-0.2, -0.15) is 0 Å². The molecular formula is C15H28N2O3. The highest BCUT2D eigenvalue weighted by Gasteiger charge is 2.22. The van der Waals surface area contributed by atoms with E-state index in [1.54, 1.807) is 25.7 Å². The lowest BCUT2D eigenvalue weighted by Crippen LogP contribution is -2.44. The van der Waals surface area contributed by atoms with Crippen molar-refractivity contribution in [2.24, 2.45) is 0 Å². The van der Waals surface area contributed by atoms with Gasteiger partial charge >= 0.3 is 6.09 Å². The van der Waals surface area contributed by atoms with Crippen molar-refractivity contribution in [3.63, 3.8) is 0 Å². The predicted octanol–water partition coefficient (Wildman–Crippen LogP) is 2.69. The molecule has 1 N–H and O–H groups in total. The molecule has 0 atom stereocenters. The lowest BCUT2D eigenvalue weighted by Gasteiger charge is -2.27. The van der Waals surface area contributed by atoms with Gasteiger partial charge in [0, 0.05) is 13.1 Å². The molecule has 0 aromatic carbocycles. The van der Waals surface area contributed by atoms with E-state index in [4.69, 9.17) is 4.74 Å². The van der Waals surface area contributed by atoms with Gasteiger partial charge in [0.25, 0.3) is 0 Å². The minimum absolute atomic E-state index is 0.00190. The number of nitrogens with one attached hydrogen (secondary N) is 1. The molecule has 1 aliphatic carbocycles. The van der Waals surface area contributed by atoms with Crippen LogP contribution >= 0.6 is 0 Å². The number of ether oxygens (including phenoxy) is 1. The van der Waals surface area contributed by atoms with E-state index in [2.05, 4.69) is 5.32 Å². The molecule has 116 valence electrons. The van der Waals surface area contributed by atoms with Crippen LogP contribution in [0.2, 0.25) is 0 Å². The lowest BCUT2D eigenvalue weighted by atomic mass is 10.1. The molecule has 1 aliphatic rings. The Kier molecular flexibility index (Phi) is 6.30. The molecular weight excluding hydrogens is 256 g/mol. The molecule has 0 aromatic heterocycles. The van der Waals surface area contributed by atoms with Gasteiger partial charge in [0.1, 0.15) is 12.1 Å². The van der Waals surface area contributed by atoms with Gasteiger partial charge < -0.3 is 15.0 Å². The van der Waals surface area contributed by atoms with Crippen molar-refractivity contribution in [3.05, 3.63) is 0 Å². The third kappa shape index (κ3) is 6.26. The van der Waals surface area contributed by atoms with Crippen molar-refractivity contribution in [2.75, 3.05) is 13.6 Å². The summed E-state index contributed by atoms with van der Waals surface area (Å²) in [7, 11) is 1.83. The molecule has 0 heterocycles. The molecule has 1 fully saturated rings. The normalized spacial score (nSPS) is 17.2. The zero-order valence-corrected chi connectivity index (χ0v) is 13.2. The first-order valence-electron chi connectivity index (χ1n) is 7.52. The Morgan fingerprint density at radius 3 is 2.20 bits per heavy atom. The number of amides is 2. The van der Waals surface area contributed by atoms with Crippen molar-refractivity contribution < 1.29 is 14.3 Å². The summed E-state index contributed by atoms with van der Waals surface area (Å²) in [4.78, 5) is 25.4. The molecule has 20 heavy (non-hydrogen) atoms. The van der Waals surface area contributed by atoms with Crippen molar-refractivity contribution in [1.29, 1.82) is 0 Å². The average molecular weight is 284 g/mol. The van der Waals surface area contributed by atoms with Gasteiger partial charge in [-0.3, -0.25) is 4.79 Å². The van der Waals surface area contributed by atoms with Crippen LogP contribution in [0.25, 0.3) is 0 Å². The molecule has 0 bridgehead atoms. The largest absolute Gasteiger partial charge is 0.444 e. The molecule has 0 saturated heterocycles. The van der Waals surface area contributed by atoms with E-state index in [-0.39, 0.29) is 12.5 Å². The fourth-order valence-electron chi connectivity index (χ4n) is 2.44. The maximum atomic E-state index is 12.1. The summed E-state index contributed by atoms with van der Waals surface area (Å²) in [5.74, 6) is -0.0530. The molecule has 1 saturated carbocycles. The van der Waals surface area contributed by atoms with Gasteiger partial charge in [-0.05, 0) is 33.6 Å². The number of carbonyl (C=O) groups is 2. The molecule has 1 rings (SSSR count). The summed E-state index contributed by atoms with van der Waals surface area (Å²) in [6.07, 6.45) is 6.47. The Bertz CT molecular complexity index is 329. The van der Waals surface area contributed by atoms with Crippen LogP contribution in [0, 0.1) is 0 Å². The van der Waals surface area contributed by atoms with Gasteiger partial charge in [-0.1, -0.05) is 25.7 Å². The minimum Gasteiger partial charge on any atom is -0.444 e. The molecule has 5 heteroatoms. The summed E-state index contributed by atoms with van der Waals surface area (Å²) in [6, 6.07) is 0.311. The number of likely N-dealkylation sites (N-methyl/N-ethyl adjacent to an activating group) is 1. The van der Waals surface area contributed by atoms with Crippen molar-refractivity contribution in [2.45, 2.75) is 70.9 Å². The van der Waals surface area contributed by atoms with Gasteiger partial charge in [0.15, 0.2) is 0 Å². The Hall–Kier alpha value is -1.26. The number of hydrogen-bond acceptors (Lipinski definition) is 3. The van der Waals surface area contributed by atoms with Crippen LogP contribution in [0.5, 0.6) is 0 Å². The minimum atomic E-state index is -0.542. The van der Waals surface area contributed by atoms with E-state index >= 15 is 0 Å². The topological polar surface area (TPSA) is 58.6 Å². The van der Waals surface area contributed by atoms with Crippen LogP contribution in [0.1, 0.15) is 59.3 Å². The fourth-order valence-corrected chi connectivity index (χ4v) is 2.44. The molecule has 0 aliphatic heterocycles. The highest BCUT2D eigenvalue weighted by atomic mass is 16.6. The van der Waals surface area contributed by atoms with Crippen molar-refractivity contribution in [3.8, 4) is 0 Å². The van der Waals surface area contributed by atoms with E-state index in [0.717, 1.165) is 12.8 Å². The van der Waals surface area contributed by atoms with Crippen LogP contribution in [0.15, 0.2) is 0 Å². The number of hydrogen-bond donors (Lipinski definition) is 1. The van der Waals surface area contributed by atoms with Gasteiger partial charge in [0.05, 0.1) is 0 Å². The summed E-state index contributed by atoms with van der Waals surface area (Å²) in [6.45, 7) is 5.39. The van der Waals surface area contributed by atoms with Gasteiger partial charge in [-0.15, -0.1) is 0 Å². The molecule has 0 unspecified atom stereocenters. The standard InChI is InChI=1S/C15H28N2O3/c1-15(2,3)20-14(19)16-11-13(18)17(4)12-9-7-5-6-8-10-12/h12H,5-11H2,1-4H3,(H,16,19). The number of carbonyl (C=O) groups excluding carboxylic acids is 2. The lowest BCUT2D eigenvalue weighted by molar-refractivity contribution is -0.131. The summed E-state index contributed by atoms with van der Waals surface area (Å²) in [5, 5.41) is 2.52. The van der Waals surface area contributed by atoms with Crippen molar-refractivity contribution >= 4 is 12.0 Å². The molecule has 5 nitrogen and oxygen atoms in total. The second-order valence-corrected chi connectivity index (χ2v) is 6.51. The number of rotatable bonds is 3. The maximum absolute atomic E-state index is 12.1. The Labute approximate surface area is 122 Å². The molecule has 0 spiro atoms. The fraction of sp³-hybridized carbons (Fsp3) is 0.867. The second kappa shape index (κ2) is 7.50. The molecule has 0 aromatic rings. The van der Waals surface area contributed by atoms with E-state index in [0.29, 0.717) is 6.04 Å². The highest BCUT2D eigenvalue weighted by molar-refractivity contribution is 5.82. The molecule has 0 radical (unpaired) electrons. The van der Waals surface area contributed by atoms with Crippen LogP contribution in [0.3, 0.4) is 0 Å². The summed E-state index contributed by atoms with van der Waals surface area (Å²) in [5.41, 5.74) is -0.541. The second-order valence-electron chi connectivity index (χ2n) is 6.51.